The number of amides is 3. The van der Waals surface area contributed by atoms with Crippen LogP contribution in [0.3, 0.4) is 0 Å². The second-order valence-corrected chi connectivity index (χ2v) is 9.47. The number of ether oxygens (including phenoxy) is 1. The summed E-state index contributed by atoms with van der Waals surface area (Å²) >= 11 is 0. The van der Waals surface area contributed by atoms with Crippen molar-refractivity contribution < 1.29 is 23.5 Å². The lowest BCUT2D eigenvalue weighted by Crippen LogP contribution is -2.41. The van der Waals surface area contributed by atoms with E-state index < -0.39 is 11.9 Å². The monoisotopic (exact) mass is 517 g/mol. The Bertz CT molecular complexity index is 1270. The number of anilines is 1. The molecule has 3 aromatic carbocycles. The third-order valence-corrected chi connectivity index (χ3v) is 6.85. The summed E-state index contributed by atoms with van der Waals surface area (Å²) in [4.78, 5) is 39.4. The van der Waals surface area contributed by atoms with Crippen LogP contribution in [0.25, 0.3) is 0 Å². The first kappa shape index (κ1) is 26.9. The van der Waals surface area contributed by atoms with Crippen molar-refractivity contribution in [3.8, 4) is 5.75 Å². The van der Waals surface area contributed by atoms with Crippen LogP contribution in [0.2, 0.25) is 0 Å². The van der Waals surface area contributed by atoms with Crippen LogP contribution in [0.15, 0.2) is 72.8 Å². The molecule has 0 saturated carbocycles. The van der Waals surface area contributed by atoms with Gasteiger partial charge in [-0.3, -0.25) is 14.4 Å². The zero-order chi connectivity index (χ0) is 27.1. The summed E-state index contributed by atoms with van der Waals surface area (Å²) in [6.07, 6.45) is 1.82. The van der Waals surface area contributed by atoms with Crippen LogP contribution in [0.5, 0.6) is 5.75 Å². The molecule has 38 heavy (non-hydrogen) atoms. The van der Waals surface area contributed by atoms with Gasteiger partial charge in [0.2, 0.25) is 11.8 Å². The van der Waals surface area contributed by atoms with Gasteiger partial charge in [0.05, 0.1) is 13.5 Å². The number of piperidine rings is 1. The first-order valence-corrected chi connectivity index (χ1v) is 12.7. The normalized spacial score (nSPS) is 14.4. The summed E-state index contributed by atoms with van der Waals surface area (Å²) in [6.45, 7) is 2.92. The highest BCUT2D eigenvalue weighted by molar-refractivity contribution is 6.00. The molecule has 1 aliphatic heterocycles. The van der Waals surface area contributed by atoms with Gasteiger partial charge in [0.15, 0.2) is 11.6 Å². The third kappa shape index (κ3) is 6.76. The number of halogens is 1. The number of methoxy groups -OCH3 is 1. The molecule has 3 aromatic rings. The number of benzene rings is 3. The van der Waals surface area contributed by atoms with Crippen LogP contribution in [0.1, 0.15) is 47.2 Å². The van der Waals surface area contributed by atoms with E-state index in [2.05, 4.69) is 10.6 Å². The minimum absolute atomic E-state index is 0.0143. The zero-order valence-corrected chi connectivity index (χ0v) is 21.6. The number of carbonyl (C=O) groups excluding carboxylic acids is 3. The maximum absolute atomic E-state index is 13.9. The van der Waals surface area contributed by atoms with Crippen molar-refractivity contribution in [3.05, 3.63) is 95.3 Å². The smallest absolute Gasteiger partial charge is 0.251 e. The SMILES string of the molecule is COc1ccc(CC(=O)N2CCC(c3ccc(NC(=O)C(C)NC(=O)c4ccccc4)cc3)CC2)cc1F. The van der Waals surface area contributed by atoms with Gasteiger partial charge in [0, 0.05) is 24.3 Å². The summed E-state index contributed by atoms with van der Waals surface area (Å²) < 4.78 is 18.9. The van der Waals surface area contributed by atoms with Crippen LogP contribution >= 0.6 is 0 Å². The fourth-order valence-corrected chi connectivity index (χ4v) is 4.59. The topological polar surface area (TPSA) is 87.7 Å². The maximum atomic E-state index is 13.9. The lowest BCUT2D eigenvalue weighted by molar-refractivity contribution is -0.131. The Labute approximate surface area is 222 Å². The molecule has 1 fully saturated rings. The molecule has 0 radical (unpaired) electrons. The fraction of sp³-hybridized carbons (Fsp3) is 0.300. The van der Waals surface area contributed by atoms with Crippen molar-refractivity contribution in [1.29, 1.82) is 0 Å². The average Bonchev–Trinajstić information content (AvgIpc) is 2.94. The molecular formula is C30H32FN3O4. The number of carbonyl (C=O) groups is 3. The Morgan fingerprint density at radius 1 is 1.00 bits per heavy atom. The molecule has 1 atom stereocenters. The van der Waals surface area contributed by atoms with Crippen molar-refractivity contribution in [2.45, 2.75) is 38.1 Å². The highest BCUT2D eigenvalue weighted by Crippen LogP contribution is 2.29. The molecular weight excluding hydrogens is 485 g/mol. The van der Waals surface area contributed by atoms with Gasteiger partial charge in [0.25, 0.3) is 5.91 Å². The van der Waals surface area contributed by atoms with E-state index in [1.807, 2.05) is 35.2 Å². The number of nitrogens with zero attached hydrogens (tertiary/aromatic N) is 1. The van der Waals surface area contributed by atoms with Gasteiger partial charge in [-0.05, 0) is 73.2 Å². The van der Waals surface area contributed by atoms with E-state index in [1.54, 1.807) is 37.3 Å². The quantitative estimate of drug-likeness (QED) is 0.459. The number of likely N-dealkylation sites (tertiary alicyclic amines) is 1. The molecule has 4 rings (SSSR count). The minimum atomic E-state index is -0.696. The first-order valence-electron chi connectivity index (χ1n) is 12.7. The summed E-state index contributed by atoms with van der Waals surface area (Å²) in [5.41, 5.74) is 2.93. The van der Waals surface area contributed by atoms with Gasteiger partial charge in [-0.2, -0.15) is 0 Å². The highest BCUT2D eigenvalue weighted by atomic mass is 19.1. The summed E-state index contributed by atoms with van der Waals surface area (Å²) in [5, 5.41) is 5.55. The van der Waals surface area contributed by atoms with Crippen molar-refractivity contribution in [2.75, 3.05) is 25.5 Å². The molecule has 1 unspecified atom stereocenters. The van der Waals surface area contributed by atoms with E-state index in [9.17, 15) is 18.8 Å². The Hall–Kier alpha value is -4.20. The molecule has 1 aliphatic rings. The Morgan fingerprint density at radius 3 is 2.32 bits per heavy atom. The van der Waals surface area contributed by atoms with Gasteiger partial charge in [-0.15, -0.1) is 0 Å². The van der Waals surface area contributed by atoms with E-state index >= 15 is 0 Å². The predicted octanol–water partition coefficient (Wildman–Crippen LogP) is 4.54. The van der Waals surface area contributed by atoms with Gasteiger partial charge in [-0.25, -0.2) is 4.39 Å². The molecule has 0 aromatic heterocycles. The summed E-state index contributed by atoms with van der Waals surface area (Å²) in [6, 6.07) is 20.4. The predicted molar refractivity (Wildman–Crippen MR) is 144 cm³/mol. The number of hydrogen-bond acceptors (Lipinski definition) is 4. The van der Waals surface area contributed by atoms with E-state index in [-0.39, 0.29) is 29.9 Å². The van der Waals surface area contributed by atoms with Crippen LogP contribution in [-0.2, 0) is 16.0 Å². The molecule has 0 bridgehead atoms. The standard InChI is InChI=1S/C30H32FN3O4/c1-20(32-30(37)24-6-4-3-5-7-24)29(36)33-25-11-9-22(10-12-25)23-14-16-34(17-15-23)28(35)19-21-8-13-27(38-2)26(31)18-21/h3-13,18,20,23H,14-17,19H2,1-2H3,(H,32,37)(H,33,36). The second kappa shape index (κ2) is 12.4. The van der Waals surface area contributed by atoms with Crippen molar-refractivity contribution in [1.82, 2.24) is 10.2 Å². The minimum Gasteiger partial charge on any atom is -0.494 e. The first-order chi connectivity index (χ1) is 18.3. The fourth-order valence-electron chi connectivity index (χ4n) is 4.59. The molecule has 0 spiro atoms. The van der Waals surface area contributed by atoms with Crippen molar-refractivity contribution in [3.63, 3.8) is 0 Å². The van der Waals surface area contributed by atoms with E-state index in [0.717, 1.165) is 18.4 Å². The molecule has 1 saturated heterocycles. The van der Waals surface area contributed by atoms with Gasteiger partial charge in [-0.1, -0.05) is 36.4 Å². The molecule has 7 nitrogen and oxygen atoms in total. The molecule has 198 valence electrons. The molecule has 8 heteroatoms. The molecule has 0 aliphatic carbocycles. The van der Waals surface area contributed by atoms with Crippen LogP contribution < -0.4 is 15.4 Å². The van der Waals surface area contributed by atoms with Crippen molar-refractivity contribution >= 4 is 23.4 Å². The van der Waals surface area contributed by atoms with Gasteiger partial charge < -0.3 is 20.3 Å². The van der Waals surface area contributed by atoms with Crippen LogP contribution in [0.4, 0.5) is 10.1 Å². The Balaban J connectivity index is 1.25. The number of hydrogen-bond donors (Lipinski definition) is 2. The summed E-state index contributed by atoms with van der Waals surface area (Å²) in [7, 11) is 1.41. The van der Waals surface area contributed by atoms with E-state index in [1.165, 1.54) is 19.2 Å². The van der Waals surface area contributed by atoms with Crippen LogP contribution in [-0.4, -0.2) is 48.9 Å². The zero-order valence-electron chi connectivity index (χ0n) is 21.6. The molecule has 2 N–H and O–H groups in total. The third-order valence-electron chi connectivity index (χ3n) is 6.85. The largest absolute Gasteiger partial charge is 0.494 e. The maximum Gasteiger partial charge on any atom is 0.251 e. The Morgan fingerprint density at radius 2 is 1.68 bits per heavy atom. The lowest BCUT2D eigenvalue weighted by Gasteiger charge is -2.32. The van der Waals surface area contributed by atoms with E-state index in [0.29, 0.717) is 35.8 Å². The highest BCUT2D eigenvalue weighted by Gasteiger charge is 2.24. The van der Waals surface area contributed by atoms with Crippen LogP contribution in [0, 0.1) is 5.82 Å². The van der Waals surface area contributed by atoms with Gasteiger partial charge in [0.1, 0.15) is 6.04 Å². The average molecular weight is 518 g/mol. The Kier molecular flexibility index (Phi) is 8.73. The van der Waals surface area contributed by atoms with E-state index in [4.69, 9.17) is 4.74 Å². The van der Waals surface area contributed by atoms with Gasteiger partial charge >= 0.3 is 0 Å². The second-order valence-electron chi connectivity index (χ2n) is 9.47. The number of nitrogens with one attached hydrogen (secondary N) is 2. The molecule has 3 amide bonds. The summed E-state index contributed by atoms with van der Waals surface area (Å²) in [5.74, 6) is -0.611. The molecule has 1 heterocycles. The number of rotatable bonds is 8. The van der Waals surface area contributed by atoms with Crippen molar-refractivity contribution in [2.24, 2.45) is 0 Å². The lowest BCUT2D eigenvalue weighted by atomic mass is 9.89.